The first-order valence-corrected chi connectivity index (χ1v) is 9.06. The van der Waals surface area contributed by atoms with Gasteiger partial charge < -0.3 is 19.7 Å². The number of nitrogens with one attached hydrogen (secondary N) is 1. The number of nitrogens with zero attached hydrogens (tertiary/aromatic N) is 4. The Morgan fingerprint density at radius 1 is 1.16 bits per heavy atom. The van der Waals surface area contributed by atoms with E-state index in [1.165, 1.54) is 0 Å². The van der Waals surface area contributed by atoms with Crippen molar-refractivity contribution >= 4 is 11.9 Å². The lowest BCUT2D eigenvalue weighted by atomic mass is 10.3. The van der Waals surface area contributed by atoms with Crippen LogP contribution < -0.4 is 10.9 Å². The SMILES string of the molecule is CCNC(=NCCCCn1ccccc1=O)N1CCN(C(C)=O)CC1. The first kappa shape index (κ1) is 19.0. The monoisotopic (exact) mass is 347 g/mol. The van der Waals surface area contributed by atoms with Crippen LogP contribution in [0.15, 0.2) is 34.2 Å². The average molecular weight is 347 g/mol. The second kappa shape index (κ2) is 9.86. The van der Waals surface area contributed by atoms with E-state index < -0.39 is 0 Å². The maximum absolute atomic E-state index is 11.6. The predicted molar refractivity (Wildman–Crippen MR) is 99.7 cm³/mol. The standard InChI is InChI=1S/C18H29N5O2/c1-3-19-18(23-14-12-21(13-15-23)16(2)24)20-9-5-7-11-22-10-6-4-8-17(22)25/h4,6,8,10H,3,5,7,9,11-15H2,1-2H3,(H,19,20). The number of aromatic nitrogens is 1. The molecular weight excluding hydrogens is 318 g/mol. The van der Waals surface area contributed by atoms with Gasteiger partial charge >= 0.3 is 0 Å². The van der Waals surface area contributed by atoms with Gasteiger partial charge in [0, 0.05) is 65.0 Å². The van der Waals surface area contributed by atoms with Gasteiger partial charge in [0.15, 0.2) is 5.96 Å². The number of hydrogen-bond donors (Lipinski definition) is 1. The molecule has 0 saturated carbocycles. The molecule has 25 heavy (non-hydrogen) atoms. The van der Waals surface area contributed by atoms with Crippen LogP contribution in [-0.2, 0) is 11.3 Å². The summed E-state index contributed by atoms with van der Waals surface area (Å²) in [6, 6.07) is 5.23. The quantitative estimate of drug-likeness (QED) is 0.469. The van der Waals surface area contributed by atoms with Gasteiger partial charge in [-0.05, 0) is 25.8 Å². The molecule has 1 aromatic rings. The van der Waals surface area contributed by atoms with Crippen molar-refractivity contribution in [3.8, 4) is 0 Å². The largest absolute Gasteiger partial charge is 0.357 e. The number of carbonyl (C=O) groups excluding carboxylic acids is 1. The molecule has 0 radical (unpaired) electrons. The number of hydrogen-bond acceptors (Lipinski definition) is 3. The van der Waals surface area contributed by atoms with Gasteiger partial charge in [-0.25, -0.2) is 0 Å². The summed E-state index contributed by atoms with van der Waals surface area (Å²) in [5.74, 6) is 1.06. The molecule has 2 heterocycles. The van der Waals surface area contributed by atoms with E-state index in [1.54, 1.807) is 23.6 Å². The third-order valence-corrected chi connectivity index (χ3v) is 4.33. The molecule has 1 amide bonds. The molecule has 0 atom stereocenters. The van der Waals surface area contributed by atoms with Crippen LogP contribution in [0.3, 0.4) is 0 Å². The number of carbonyl (C=O) groups is 1. The summed E-state index contributed by atoms with van der Waals surface area (Å²) in [6.45, 7) is 9.07. The number of guanidine groups is 1. The molecule has 1 aromatic heterocycles. The molecular formula is C18H29N5O2. The number of unbranched alkanes of at least 4 members (excludes halogenated alkanes) is 1. The number of aryl methyl sites for hydroxylation is 1. The normalized spacial score (nSPS) is 15.4. The van der Waals surface area contributed by atoms with E-state index >= 15 is 0 Å². The Balaban J connectivity index is 1.79. The first-order chi connectivity index (χ1) is 12.1. The highest BCUT2D eigenvalue weighted by Gasteiger charge is 2.20. The van der Waals surface area contributed by atoms with Crippen LogP contribution >= 0.6 is 0 Å². The van der Waals surface area contributed by atoms with Crippen LogP contribution in [0.5, 0.6) is 0 Å². The molecule has 0 aromatic carbocycles. The zero-order chi connectivity index (χ0) is 18.1. The van der Waals surface area contributed by atoms with Crippen molar-refractivity contribution in [3.05, 3.63) is 34.7 Å². The Kier molecular flexibility index (Phi) is 7.50. The number of piperazine rings is 1. The summed E-state index contributed by atoms with van der Waals surface area (Å²) >= 11 is 0. The van der Waals surface area contributed by atoms with Crippen molar-refractivity contribution < 1.29 is 4.79 Å². The van der Waals surface area contributed by atoms with Crippen molar-refractivity contribution in [2.45, 2.75) is 33.2 Å². The molecule has 2 rings (SSSR count). The molecule has 1 N–H and O–H groups in total. The zero-order valence-corrected chi connectivity index (χ0v) is 15.3. The van der Waals surface area contributed by atoms with Gasteiger partial charge in [0.1, 0.15) is 0 Å². The number of amides is 1. The van der Waals surface area contributed by atoms with Gasteiger partial charge in [-0.3, -0.25) is 14.6 Å². The molecule has 1 fully saturated rings. The van der Waals surface area contributed by atoms with Crippen molar-refractivity contribution in [2.24, 2.45) is 4.99 Å². The first-order valence-electron chi connectivity index (χ1n) is 9.06. The lowest BCUT2D eigenvalue weighted by Gasteiger charge is -2.36. The second-order valence-electron chi connectivity index (χ2n) is 6.17. The highest BCUT2D eigenvalue weighted by atomic mass is 16.2. The van der Waals surface area contributed by atoms with Crippen molar-refractivity contribution in [3.63, 3.8) is 0 Å². The number of pyridine rings is 1. The van der Waals surface area contributed by atoms with Gasteiger partial charge in [-0.2, -0.15) is 0 Å². The minimum Gasteiger partial charge on any atom is -0.357 e. The Morgan fingerprint density at radius 2 is 1.88 bits per heavy atom. The fraction of sp³-hybridized carbons (Fsp3) is 0.611. The fourth-order valence-electron chi connectivity index (χ4n) is 2.88. The summed E-state index contributed by atoms with van der Waals surface area (Å²) in [6.07, 6.45) is 3.68. The van der Waals surface area contributed by atoms with E-state index in [1.807, 2.05) is 17.2 Å². The van der Waals surface area contributed by atoms with Gasteiger partial charge in [0.2, 0.25) is 11.5 Å². The molecule has 138 valence electrons. The van der Waals surface area contributed by atoms with Gasteiger partial charge in [0.05, 0.1) is 0 Å². The molecule has 7 nitrogen and oxygen atoms in total. The number of rotatable bonds is 6. The Hall–Kier alpha value is -2.31. The topological polar surface area (TPSA) is 69.9 Å². The third-order valence-electron chi connectivity index (χ3n) is 4.33. The van der Waals surface area contributed by atoms with E-state index in [9.17, 15) is 9.59 Å². The van der Waals surface area contributed by atoms with Crippen LogP contribution in [0, 0.1) is 0 Å². The van der Waals surface area contributed by atoms with Crippen molar-refractivity contribution in [2.75, 3.05) is 39.3 Å². The van der Waals surface area contributed by atoms with E-state index in [-0.39, 0.29) is 11.5 Å². The summed E-state index contributed by atoms with van der Waals surface area (Å²) in [4.78, 5) is 31.9. The smallest absolute Gasteiger partial charge is 0.250 e. The summed E-state index contributed by atoms with van der Waals surface area (Å²) in [5, 5.41) is 3.33. The van der Waals surface area contributed by atoms with Crippen molar-refractivity contribution in [1.82, 2.24) is 19.7 Å². The Bertz CT molecular complexity index is 632. The van der Waals surface area contributed by atoms with Crippen LogP contribution in [0.4, 0.5) is 0 Å². The Labute approximate surface area is 149 Å². The zero-order valence-electron chi connectivity index (χ0n) is 15.3. The number of aliphatic imine (C=N–C) groups is 1. The summed E-state index contributed by atoms with van der Waals surface area (Å²) in [7, 11) is 0. The highest BCUT2D eigenvalue weighted by Crippen LogP contribution is 2.03. The molecule has 7 heteroatoms. The summed E-state index contributed by atoms with van der Waals surface area (Å²) in [5.41, 5.74) is 0.0442. The molecule has 1 aliphatic rings. The highest BCUT2D eigenvalue weighted by molar-refractivity contribution is 5.80. The minimum atomic E-state index is 0.0442. The third kappa shape index (κ3) is 5.92. The molecule has 0 aliphatic carbocycles. The van der Waals surface area contributed by atoms with Gasteiger partial charge in [-0.1, -0.05) is 6.07 Å². The van der Waals surface area contributed by atoms with Crippen LogP contribution in [0.2, 0.25) is 0 Å². The summed E-state index contributed by atoms with van der Waals surface area (Å²) < 4.78 is 1.73. The van der Waals surface area contributed by atoms with Crippen molar-refractivity contribution in [1.29, 1.82) is 0 Å². The second-order valence-corrected chi connectivity index (χ2v) is 6.17. The molecule has 0 spiro atoms. The molecule has 0 unspecified atom stereocenters. The minimum absolute atomic E-state index is 0.0442. The lowest BCUT2D eigenvalue weighted by molar-refractivity contribution is -0.130. The molecule has 0 bridgehead atoms. The van der Waals surface area contributed by atoms with Gasteiger partial charge in [-0.15, -0.1) is 0 Å². The van der Waals surface area contributed by atoms with Crippen LogP contribution in [0.1, 0.15) is 26.7 Å². The predicted octanol–water partition coefficient (Wildman–Crippen LogP) is 0.758. The fourth-order valence-corrected chi connectivity index (χ4v) is 2.88. The molecule has 1 aliphatic heterocycles. The lowest BCUT2D eigenvalue weighted by Crippen LogP contribution is -2.53. The van der Waals surface area contributed by atoms with E-state index in [0.717, 1.165) is 64.6 Å². The molecule has 1 saturated heterocycles. The van der Waals surface area contributed by atoms with E-state index in [2.05, 4.69) is 17.1 Å². The van der Waals surface area contributed by atoms with Gasteiger partial charge in [0.25, 0.3) is 0 Å². The Morgan fingerprint density at radius 3 is 2.52 bits per heavy atom. The van der Waals surface area contributed by atoms with E-state index in [4.69, 9.17) is 4.99 Å². The average Bonchev–Trinajstić information content (AvgIpc) is 2.62. The maximum atomic E-state index is 11.6. The van der Waals surface area contributed by atoms with Crippen LogP contribution in [-0.4, -0.2) is 65.5 Å². The van der Waals surface area contributed by atoms with E-state index in [0.29, 0.717) is 0 Å². The maximum Gasteiger partial charge on any atom is 0.250 e. The van der Waals surface area contributed by atoms with Crippen LogP contribution in [0.25, 0.3) is 0 Å².